The van der Waals surface area contributed by atoms with Gasteiger partial charge in [-0.1, -0.05) is 60.7 Å². The molecular weight excluding hydrogens is 366 g/mol. The molecule has 0 aromatic heterocycles. The number of aliphatic carboxylic acids is 1. The molecule has 29 heavy (non-hydrogen) atoms. The summed E-state index contributed by atoms with van der Waals surface area (Å²) in [6, 6.07) is 24.5. The molecule has 5 heteroatoms. The summed E-state index contributed by atoms with van der Waals surface area (Å²) in [5.74, 6) is -0.411. The van der Waals surface area contributed by atoms with Crippen LogP contribution in [0.2, 0.25) is 0 Å². The lowest BCUT2D eigenvalue weighted by molar-refractivity contribution is -0.130. The Bertz CT molecular complexity index is 1030. The number of aliphatic imine (C=N–C) groups is 1. The minimum absolute atomic E-state index is 0.0768. The molecule has 0 amide bonds. The maximum absolute atomic E-state index is 11.5. The molecule has 0 unspecified atom stereocenters. The molecule has 3 aromatic rings. The van der Waals surface area contributed by atoms with Gasteiger partial charge >= 0.3 is 5.97 Å². The van der Waals surface area contributed by atoms with Crippen LogP contribution in [-0.2, 0) is 16.1 Å². The molecule has 0 spiro atoms. The minimum Gasteiger partial charge on any atom is -0.503 e. The van der Waals surface area contributed by atoms with Crippen molar-refractivity contribution >= 4 is 23.4 Å². The first kappa shape index (κ1) is 19.9. The smallest absolute Gasteiger partial charge is 0.339 e. The molecule has 5 nitrogen and oxygen atoms in total. The summed E-state index contributed by atoms with van der Waals surface area (Å²) in [6.45, 7) is 0.219. The lowest BCUT2D eigenvalue weighted by atomic mass is 10.0. The summed E-state index contributed by atoms with van der Waals surface area (Å²) in [5, 5.41) is 9.45. The number of carboxylic acid groups (broad SMARTS) is 1. The summed E-state index contributed by atoms with van der Waals surface area (Å²) in [5.41, 5.74) is 3.16. The molecule has 0 aliphatic heterocycles. The first-order valence-electron chi connectivity index (χ1n) is 9.04. The summed E-state index contributed by atoms with van der Waals surface area (Å²) < 4.78 is 10.8. The average Bonchev–Trinajstić information content (AvgIpc) is 2.76. The third-order valence-electron chi connectivity index (χ3n) is 4.15. The van der Waals surface area contributed by atoms with E-state index in [4.69, 9.17) is 9.47 Å². The van der Waals surface area contributed by atoms with Gasteiger partial charge in [0.05, 0.1) is 19.1 Å². The van der Waals surface area contributed by atoms with Gasteiger partial charge < -0.3 is 14.6 Å². The zero-order valence-electron chi connectivity index (χ0n) is 16.0. The number of rotatable bonds is 8. The number of ether oxygens (including phenoxy) is 2. The third kappa shape index (κ3) is 5.56. The molecule has 0 saturated heterocycles. The highest BCUT2D eigenvalue weighted by atomic mass is 16.5. The number of nitrogens with zero attached hydrogens (tertiary/aromatic N) is 1. The van der Waals surface area contributed by atoms with Crippen molar-refractivity contribution in [3.05, 3.63) is 102 Å². The zero-order chi connectivity index (χ0) is 20.5. The van der Waals surface area contributed by atoms with Crippen molar-refractivity contribution in [3.63, 3.8) is 0 Å². The Kier molecular flexibility index (Phi) is 6.79. The molecule has 3 aromatic carbocycles. The number of hydrogen-bond acceptors (Lipinski definition) is 4. The summed E-state index contributed by atoms with van der Waals surface area (Å²) in [7, 11) is 1.42. The Morgan fingerprint density at radius 2 is 1.76 bits per heavy atom. The van der Waals surface area contributed by atoms with Crippen LogP contribution >= 0.6 is 0 Å². The van der Waals surface area contributed by atoms with Gasteiger partial charge in [-0.15, -0.1) is 0 Å². The second-order valence-corrected chi connectivity index (χ2v) is 6.18. The van der Waals surface area contributed by atoms with Crippen LogP contribution in [0.5, 0.6) is 5.75 Å². The van der Waals surface area contributed by atoms with Crippen LogP contribution in [0.1, 0.15) is 16.7 Å². The van der Waals surface area contributed by atoms with Crippen molar-refractivity contribution in [2.45, 2.75) is 6.61 Å². The van der Waals surface area contributed by atoms with E-state index in [9.17, 15) is 9.90 Å². The van der Waals surface area contributed by atoms with Crippen LogP contribution in [0.3, 0.4) is 0 Å². The number of hydrogen-bond donors (Lipinski definition) is 1. The molecule has 0 radical (unpaired) electrons. The Balaban J connectivity index is 1.75. The first-order valence-corrected chi connectivity index (χ1v) is 9.04. The first-order chi connectivity index (χ1) is 14.2. The van der Waals surface area contributed by atoms with E-state index in [1.54, 1.807) is 18.3 Å². The van der Waals surface area contributed by atoms with Crippen LogP contribution in [-0.4, -0.2) is 24.4 Å². The van der Waals surface area contributed by atoms with E-state index in [1.165, 1.54) is 13.4 Å². The standard InChI is InChI=1S/C24H21NO4/c1-28-17-23(24(26)27)22-13-6-5-10-19(22)16-29-21-12-7-11-20(14-21)25-15-18-8-3-2-4-9-18/h2-15,17H,16H2,1H3,(H,26,27). The number of methoxy groups -OCH3 is 1. The lowest BCUT2D eigenvalue weighted by Crippen LogP contribution is -2.06. The molecule has 0 fully saturated rings. The van der Waals surface area contributed by atoms with E-state index in [2.05, 4.69) is 4.99 Å². The predicted molar refractivity (Wildman–Crippen MR) is 114 cm³/mol. The van der Waals surface area contributed by atoms with Crippen LogP contribution in [0.4, 0.5) is 5.69 Å². The normalized spacial score (nSPS) is 11.4. The molecular formula is C24H21NO4. The molecule has 0 saturated carbocycles. The van der Waals surface area contributed by atoms with Crippen molar-refractivity contribution in [2.24, 2.45) is 4.99 Å². The van der Waals surface area contributed by atoms with Gasteiger partial charge in [0.25, 0.3) is 0 Å². The number of carboxylic acids is 1. The van der Waals surface area contributed by atoms with Gasteiger partial charge in [-0.05, 0) is 28.8 Å². The fraction of sp³-hybridized carbons (Fsp3) is 0.0833. The second kappa shape index (κ2) is 9.90. The van der Waals surface area contributed by atoms with Gasteiger partial charge in [-0.3, -0.25) is 4.99 Å². The van der Waals surface area contributed by atoms with Crippen LogP contribution in [0.25, 0.3) is 5.57 Å². The third-order valence-corrected chi connectivity index (χ3v) is 4.15. The average molecular weight is 387 g/mol. The Morgan fingerprint density at radius 1 is 1.00 bits per heavy atom. The lowest BCUT2D eigenvalue weighted by Gasteiger charge is -2.12. The fourth-order valence-electron chi connectivity index (χ4n) is 2.76. The van der Waals surface area contributed by atoms with E-state index in [1.807, 2.05) is 66.7 Å². The molecule has 0 heterocycles. The van der Waals surface area contributed by atoms with Crippen molar-refractivity contribution in [2.75, 3.05) is 7.11 Å². The molecule has 0 aliphatic rings. The highest BCUT2D eigenvalue weighted by molar-refractivity contribution is 6.15. The van der Waals surface area contributed by atoms with Gasteiger partial charge in [0.1, 0.15) is 17.9 Å². The summed E-state index contributed by atoms with van der Waals surface area (Å²) in [4.78, 5) is 16.0. The van der Waals surface area contributed by atoms with E-state index >= 15 is 0 Å². The van der Waals surface area contributed by atoms with Gasteiger partial charge in [0, 0.05) is 12.3 Å². The second-order valence-electron chi connectivity index (χ2n) is 6.18. The Labute approximate surface area is 169 Å². The molecule has 0 atom stereocenters. The SMILES string of the molecule is COC=C(C(=O)O)c1ccccc1COc1cccc(N=Cc2ccccc2)c1. The maximum atomic E-state index is 11.5. The van der Waals surface area contributed by atoms with E-state index < -0.39 is 5.97 Å². The Morgan fingerprint density at radius 3 is 2.52 bits per heavy atom. The Hall–Kier alpha value is -3.86. The number of benzene rings is 3. The van der Waals surface area contributed by atoms with Gasteiger partial charge in [-0.25, -0.2) is 4.79 Å². The quantitative estimate of drug-likeness (QED) is 0.332. The highest BCUT2D eigenvalue weighted by Gasteiger charge is 2.15. The highest BCUT2D eigenvalue weighted by Crippen LogP contribution is 2.24. The van der Waals surface area contributed by atoms with Crippen LogP contribution in [0.15, 0.2) is 90.1 Å². The van der Waals surface area contributed by atoms with E-state index in [0.29, 0.717) is 11.3 Å². The van der Waals surface area contributed by atoms with E-state index in [-0.39, 0.29) is 12.2 Å². The van der Waals surface area contributed by atoms with Gasteiger partial charge in [-0.2, -0.15) is 0 Å². The van der Waals surface area contributed by atoms with Gasteiger partial charge in [0.15, 0.2) is 0 Å². The van der Waals surface area contributed by atoms with Crippen LogP contribution < -0.4 is 4.74 Å². The van der Waals surface area contributed by atoms with Crippen molar-refractivity contribution in [1.29, 1.82) is 0 Å². The molecule has 146 valence electrons. The summed E-state index contributed by atoms with van der Waals surface area (Å²) >= 11 is 0. The van der Waals surface area contributed by atoms with Crippen molar-refractivity contribution in [3.8, 4) is 5.75 Å². The maximum Gasteiger partial charge on any atom is 0.339 e. The molecule has 1 N–H and O–H groups in total. The molecule has 3 rings (SSSR count). The topological polar surface area (TPSA) is 68.1 Å². The largest absolute Gasteiger partial charge is 0.503 e. The monoisotopic (exact) mass is 387 g/mol. The molecule has 0 bridgehead atoms. The summed E-state index contributed by atoms with van der Waals surface area (Å²) in [6.07, 6.45) is 3.02. The van der Waals surface area contributed by atoms with Crippen molar-refractivity contribution in [1.82, 2.24) is 0 Å². The zero-order valence-corrected chi connectivity index (χ0v) is 16.0. The molecule has 0 aliphatic carbocycles. The minimum atomic E-state index is -1.06. The van der Waals surface area contributed by atoms with Gasteiger partial charge in [0.2, 0.25) is 0 Å². The van der Waals surface area contributed by atoms with Crippen molar-refractivity contribution < 1.29 is 19.4 Å². The number of carbonyl (C=O) groups is 1. The fourth-order valence-corrected chi connectivity index (χ4v) is 2.76. The van der Waals surface area contributed by atoms with E-state index in [0.717, 1.165) is 16.8 Å². The predicted octanol–water partition coefficient (Wildman–Crippen LogP) is 5.09. The van der Waals surface area contributed by atoms with Crippen LogP contribution in [0, 0.1) is 0 Å².